The van der Waals surface area contributed by atoms with Gasteiger partial charge in [-0.2, -0.15) is 0 Å². The molecule has 0 aliphatic carbocycles. The van der Waals surface area contributed by atoms with Crippen molar-refractivity contribution in [3.8, 4) is 0 Å². The van der Waals surface area contributed by atoms with Gasteiger partial charge in [-0.05, 0) is 31.4 Å². The molecule has 1 aromatic rings. The highest BCUT2D eigenvalue weighted by Crippen LogP contribution is 2.16. The van der Waals surface area contributed by atoms with Crippen LogP contribution in [0.3, 0.4) is 0 Å². The summed E-state index contributed by atoms with van der Waals surface area (Å²) in [7, 11) is 0. The highest BCUT2D eigenvalue weighted by Gasteiger charge is 2.23. The van der Waals surface area contributed by atoms with E-state index in [9.17, 15) is 9.59 Å². The van der Waals surface area contributed by atoms with Crippen LogP contribution in [0.5, 0.6) is 0 Å². The van der Waals surface area contributed by atoms with Gasteiger partial charge in [0.1, 0.15) is 0 Å². The molecule has 1 aliphatic heterocycles. The maximum absolute atomic E-state index is 12.0. The fourth-order valence-electron chi connectivity index (χ4n) is 2.30. The van der Waals surface area contributed by atoms with Gasteiger partial charge in [0.15, 0.2) is 0 Å². The van der Waals surface area contributed by atoms with E-state index in [1.54, 1.807) is 0 Å². The molecule has 116 valence electrons. The molecular weight excluding hydrogens is 290 g/mol. The highest BCUT2D eigenvalue weighted by atomic mass is 35.5. The summed E-state index contributed by atoms with van der Waals surface area (Å²) in [6, 6.07) is 7.90. The van der Waals surface area contributed by atoms with Gasteiger partial charge in [0.2, 0.25) is 11.8 Å². The Labute approximate surface area is 131 Å². The molecule has 1 aromatic carbocycles. The van der Waals surface area contributed by atoms with Gasteiger partial charge in [0.05, 0.1) is 12.6 Å². The second-order valence-corrected chi connectivity index (χ2v) is 5.35. The second kappa shape index (κ2) is 8.00. The number of benzene rings is 1. The molecule has 0 spiro atoms. The zero-order valence-electron chi connectivity index (χ0n) is 12.3. The summed E-state index contributed by atoms with van der Waals surface area (Å²) < 4.78 is 0. The summed E-state index contributed by atoms with van der Waals surface area (Å²) in [5.41, 5.74) is 2.42. The standard InChI is InChI=1S/C15H21N3O2.ClH/c1-10(2)18-14(19)9-17-15(20)13-7-11-5-3-4-6-12(11)8-16-13;/h3-6,10,13,16H,7-9H2,1-2H3,(H,17,20)(H,18,19);1H. The molecule has 1 aliphatic rings. The number of carbonyl (C=O) groups is 2. The van der Waals surface area contributed by atoms with E-state index in [1.165, 1.54) is 11.1 Å². The third kappa shape index (κ3) is 5.02. The van der Waals surface area contributed by atoms with Gasteiger partial charge in [-0.3, -0.25) is 9.59 Å². The third-order valence-electron chi connectivity index (χ3n) is 3.27. The van der Waals surface area contributed by atoms with E-state index < -0.39 is 0 Å². The minimum atomic E-state index is -0.267. The third-order valence-corrected chi connectivity index (χ3v) is 3.27. The molecule has 21 heavy (non-hydrogen) atoms. The average Bonchev–Trinajstić information content (AvgIpc) is 2.43. The van der Waals surface area contributed by atoms with Crippen LogP contribution in [0.4, 0.5) is 0 Å². The van der Waals surface area contributed by atoms with Crippen LogP contribution in [-0.4, -0.2) is 30.4 Å². The van der Waals surface area contributed by atoms with Crippen molar-refractivity contribution in [2.24, 2.45) is 0 Å². The Hall–Kier alpha value is -1.59. The summed E-state index contributed by atoms with van der Waals surface area (Å²) >= 11 is 0. The zero-order chi connectivity index (χ0) is 14.5. The predicted molar refractivity (Wildman–Crippen MR) is 84.3 cm³/mol. The van der Waals surface area contributed by atoms with E-state index in [2.05, 4.69) is 22.0 Å². The smallest absolute Gasteiger partial charge is 0.239 e. The summed E-state index contributed by atoms with van der Waals surface area (Å²) in [6.07, 6.45) is 0.661. The van der Waals surface area contributed by atoms with Crippen LogP contribution in [0.1, 0.15) is 25.0 Å². The van der Waals surface area contributed by atoms with Crippen molar-refractivity contribution in [2.75, 3.05) is 6.54 Å². The van der Waals surface area contributed by atoms with Gasteiger partial charge in [0.25, 0.3) is 0 Å². The number of hydrogen-bond donors (Lipinski definition) is 3. The van der Waals surface area contributed by atoms with Gasteiger partial charge in [-0.25, -0.2) is 0 Å². The monoisotopic (exact) mass is 311 g/mol. The van der Waals surface area contributed by atoms with Crippen molar-refractivity contribution < 1.29 is 9.59 Å². The molecule has 1 atom stereocenters. The summed E-state index contributed by atoms with van der Waals surface area (Å²) in [5, 5.41) is 8.61. The summed E-state index contributed by atoms with van der Waals surface area (Å²) in [5.74, 6) is -0.289. The lowest BCUT2D eigenvalue weighted by molar-refractivity contribution is -0.127. The molecule has 3 N–H and O–H groups in total. The van der Waals surface area contributed by atoms with Crippen LogP contribution in [0, 0.1) is 0 Å². The maximum Gasteiger partial charge on any atom is 0.239 e. The minimum Gasteiger partial charge on any atom is -0.352 e. The lowest BCUT2D eigenvalue weighted by Crippen LogP contribution is -2.50. The fraction of sp³-hybridized carbons (Fsp3) is 0.467. The van der Waals surface area contributed by atoms with E-state index >= 15 is 0 Å². The molecule has 6 heteroatoms. The number of rotatable bonds is 4. The predicted octanol–water partition coefficient (Wildman–Crippen LogP) is 0.763. The van der Waals surface area contributed by atoms with Crippen molar-refractivity contribution in [2.45, 2.75) is 38.9 Å². The molecule has 0 saturated carbocycles. The van der Waals surface area contributed by atoms with Gasteiger partial charge >= 0.3 is 0 Å². The first-order valence-corrected chi connectivity index (χ1v) is 6.93. The van der Waals surface area contributed by atoms with Gasteiger partial charge in [0, 0.05) is 12.6 Å². The van der Waals surface area contributed by atoms with Crippen molar-refractivity contribution in [3.05, 3.63) is 35.4 Å². The Morgan fingerprint density at radius 2 is 1.95 bits per heavy atom. The Morgan fingerprint density at radius 3 is 2.62 bits per heavy atom. The first kappa shape index (κ1) is 17.5. The molecule has 0 bridgehead atoms. The van der Waals surface area contributed by atoms with Gasteiger partial charge in [-0.15, -0.1) is 12.4 Å². The molecule has 0 fully saturated rings. The number of amides is 2. The lowest BCUT2D eigenvalue weighted by atomic mass is 9.95. The van der Waals surface area contributed by atoms with Crippen molar-refractivity contribution in [3.63, 3.8) is 0 Å². The van der Waals surface area contributed by atoms with E-state index in [4.69, 9.17) is 0 Å². The number of halogens is 1. The molecule has 1 unspecified atom stereocenters. The number of carbonyl (C=O) groups excluding carboxylic acids is 2. The highest BCUT2D eigenvalue weighted by molar-refractivity contribution is 5.87. The summed E-state index contributed by atoms with van der Waals surface area (Å²) in [4.78, 5) is 23.5. The number of hydrogen-bond acceptors (Lipinski definition) is 3. The molecule has 5 nitrogen and oxygen atoms in total. The van der Waals surface area contributed by atoms with Crippen LogP contribution in [0.15, 0.2) is 24.3 Å². The van der Waals surface area contributed by atoms with Gasteiger partial charge in [-0.1, -0.05) is 24.3 Å². The fourth-order valence-corrected chi connectivity index (χ4v) is 2.30. The van der Waals surface area contributed by atoms with Crippen LogP contribution in [0.25, 0.3) is 0 Å². The SMILES string of the molecule is CC(C)NC(=O)CNC(=O)C1Cc2ccccc2CN1.Cl. The van der Waals surface area contributed by atoms with E-state index in [1.807, 2.05) is 32.0 Å². The van der Waals surface area contributed by atoms with Crippen molar-refractivity contribution >= 4 is 24.2 Å². The van der Waals surface area contributed by atoms with Crippen LogP contribution < -0.4 is 16.0 Å². The molecule has 0 radical (unpaired) electrons. The van der Waals surface area contributed by atoms with Crippen LogP contribution in [-0.2, 0) is 22.6 Å². The molecule has 0 aromatic heterocycles. The molecule has 2 amide bonds. The number of nitrogens with one attached hydrogen (secondary N) is 3. The quantitative estimate of drug-likeness (QED) is 0.769. The van der Waals surface area contributed by atoms with Gasteiger partial charge < -0.3 is 16.0 Å². The first-order valence-electron chi connectivity index (χ1n) is 6.93. The van der Waals surface area contributed by atoms with Crippen molar-refractivity contribution in [1.82, 2.24) is 16.0 Å². The lowest BCUT2D eigenvalue weighted by Gasteiger charge is -2.25. The molecule has 1 heterocycles. The van der Waals surface area contributed by atoms with E-state index in [0.29, 0.717) is 13.0 Å². The summed E-state index contributed by atoms with van der Waals surface area (Å²) in [6.45, 7) is 4.49. The van der Waals surface area contributed by atoms with Crippen LogP contribution >= 0.6 is 12.4 Å². The van der Waals surface area contributed by atoms with E-state index in [0.717, 1.165) is 0 Å². The Balaban J connectivity index is 0.00000220. The topological polar surface area (TPSA) is 70.2 Å². The molecule has 0 saturated heterocycles. The zero-order valence-corrected chi connectivity index (χ0v) is 13.1. The minimum absolute atomic E-state index is 0. The Morgan fingerprint density at radius 1 is 1.29 bits per heavy atom. The molecule has 2 rings (SSSR count). The average molecular weight is 312 g/mol. The largest absolute Gasteiger partial charge is 0.352 e. The number of fused-ring (bicyclic) bond motifs is 1. The van der Waals surface area contributed by atoms with Crippen molar-refractivity contribution in [1.29, 1.82) is 0 Å². The first-order chi connectivity index (χ1) is 9.56. The maximum atomic E-state index is 12.0. The second-order valence-electron chi connectivity index (χ2n) is 5.35. The Kier molecular flexibility index (Phi) is 6.65. The Bertz CT molecular complexity index is 505. The van der Waals surface area contributed by atoms with E-state index in [-0.39, 0.29) is 42.8 Å². The molecular formula is C15H22ClN3O2. The normalized spacial score (nSPS) is 16.6. The van der Waals surface area contributed by atoms with Crippen LogP contribution in [0.2, 0.25) is 0 Å².